The van der Waals surface area contributed by atoms with Crippen molar-refractivity contribution in [1.82, 2.24) is 15.5 Å². The molecule has 1 aliphatic rings. The van der Waals surface area contributed by atoms with Gasteiger partial charge in [0, 0.05) is 6.54 Å². The van der Waals surface area contributed by atoms with Crippen LogP contribution in [0.1, 0.15) is 44.6 Å². The highest BCUT2D eigenvalue weighted by atomic mass is 16.3. The molecule has 4 amide bonds. The van der Waals surface area contributed by atoms with Crippen molar-refractivity contribution in [2.45, 2.75) is 63.6 Å². The van der Waals surface area contributed by atoms with E-state index in [1.165, 1.54) is 17.0 Å². The predicted molar refractivity (Wildman–Crippen MR) is 118 cm³/mol. The number of phenols is 1. The van der Waals surface area contributed by atoms with Crippen molar-refractivity contribution >= 4 is 23.6 Å². The quantitative estimate of drug-likeness (QED) is 0.307. The molecule has 176 valence electrons. The molecule has 32 heavy (non-hydrogen) atoms. The van der Waals surface area contributed by atoms with Gasteiger partial charge in [0.1, 0.15) is 17.8 Å². The smallest absolute Gasteiger partial charge is 0.243 e. The molecule has 1 aliphatic heterocycles. The summed E-state index contributed by atoms with van der Waals surface area (Å²) in [6.07, 6.45) is 3.36. The third kappa shape index (κ3) is 7.23. The fraction of sp³-hybridized carbons (Fsp3) is 0.545. The van der Waals surface area contributed by atoms with E-state index in [0.717, 1.165) is 12.0 Å². The Morgan fingerprint density at radius 2 is 1.91 bits per heavy atom. The van der Waals surface area contributed by atoms with E-state index in [4.69, 9.17) is 11.5 Å². The van der Waals surface area contributed by atoms with Gasteiger partial charge < -0.3 is 32.1 Å². The molecule has 1 aromatic rings. The number of likely N-dealkylation sites (tertiary alicyclic amines) is 1. The molecule has 3 unspecified atom stereocenters. The van der Waals surface area contributed by atoms with E-state index < -0.39 is 35.8 Å². The SMILES string of the molecule is CCCCC(NC(=O)C1CCCN1C(=O)C(N)Cc1ccc(O)cc1)C(=O)NCC(N)=O. The second-order valence-electron chi connectivity index (χ2n) is 8.05. The van der Waals surface area contributed by atoms with Gasteiger partial charge in [0.05, 0.1) is 12.6 Å². The number of amides is 4. The van der Waals surface area contributed by atoms with E-state index >= 15 is 0 Å². The molecule has 0 radical (unpaired) electrons. The minimum Gasteiger partial charge on any atom is -0.508 e. The number of primary amides is 1. The number of carbonyl (C=O) groups is 4. The average Bonchev–Trinajstić information content (AvgIpc) is 3.25. The Morgan fingerprint density at radius 1 is 1.22 bits per heavy atom. The monoisotopic (exact) mass is 447 g/mol. The minimum atomic E-state index is -0.831. The molecule has 2 rings (SSSR count). The molecule has 1 heterocycles. The summed E-state index contributed by atoms with van der Waals surface area (Å²) >= 11 is 0. The van der Waals surface area contributed by atoms with Gasteiger partial charge in [-0.25, -0.2) is 0 Å². The Hall–Kier alpha value is -3.14. The summed E-state index contributed by atoms with van der Waals surface area (Å²) in [7, 11) is 0. The van der Waals surface area contributed by atoms with Gasteiger partial charge in [-0.3, -0.25) is 19.2 Å². The number of nitrogens with zero attached hydrogens (tertiary/aromatic N) is 1. The first-order valence-electron chi connectivity index (χ1n) is 10.9. The Balaban J connectivity index is 2.01. The van der Waals surface area contributed by atoms with E-state index in [1.54, 1.807) is 12.1 Å². The number of hydrogen-bond donors (Lipinski definition) is 5. The van der Waals surface area contributed by atoms with E-state index in [-0.39, 0.29) is 24.6 Å². The second-order valence-corrected chi connectivity index (χ2v) is 8.05. The van der Waals surface area contributed by atoms with Crippen molar-refractivity contribution in [3.63, 3.8) is 0 Å². The van der Waals surface area contributed by atoms with Gasteiger partial charge >= 0.3 is 0 Å². The number of hydrogen-bond acceptors (Lipinski definition) is 6. The van der Waals surface area contributed by atoms with Gasteiger partial charge in [0.25, 0.3) is 0 Å². The van der Waals surface area contributed by atoms with Crippen LogP contribution >= 0.6 is 0 Å². The van der Waals surface area contributed by atoms with Crippen LogP contribution in [0.2, 0.25) is 0 Å². The molecule has 1 aromatic carbocycles. The highest BCUT2D eigenvalue weighted by Crippen LogP contribution is 2.20. The van der Waals surface area contributed by atoms with Crippen molar-refractivity contribution < 1.29 is 24.3 Å². The van der Waals surface area contributed by atoms with Crippen molar-refractivity contribution in [2.75, 3.05) is 13.1 Å². The lowest BCUT2D eigenvalue weighted by molar-refractivity contribution is -0.140. The zero-order valence-electron chi connectivity index (χ0n) is 18.4. The Labute approximate surface area is 187 Å². The molecule has 3 atom stereocenters. The molecule has 0 aromatic heterocycles. The Kier molecular flexibility index (Phi) is 9.45. The van der Waals surface area contributed by atoms with Crippen molar-refractivity contribution in [1.29, 1.82) is 0 Å². The van der Waals surface area contributed by atoms with Crippen LogP contribution in [0.4, 0.5) is 0 Å². The summed E-state index contributed by atoms with van der Waals surface area (Å²) in [6.45, 7) is 2.07. The van der Waals surface area contributed by atoms with Crippen LogP contribution < -0.4 is 22.1 Å². The summed E-state index contributed by atoms with van der Waals surface area (Å²) in [5.41, 5.74) is 12.0. The zero-order chi connectivity index (χ0) is 23.7. The maximum absolute atomic E-state index is 12.9. The summed E-state index contributed by atoms with van der Waals surface area (Å²) in [5, 5.41) is 14.5. The lowest BCUT2D eigenvalue weighted by Gasteiger charge is -2.28. The molecule has 1 saturated heterocycles. The molecule has 0 aliphatic carbocycles. The number of carbonyl (C=O) groups excluding carboxylic acids is 4. The van der Waals surface area contributed by atoms with Gasteiger partial charge in [0.2, 0.25) is 23.6 Å². The van der Waals surface area contributed by atoms with Gasteiger partial charge in [-0.05, 0) is 43.4 Å². The van der Waals surface area contributed by atoms with Crippen LogP contribution in [0, 0.1) is 0 Å². The van der Waals surface area contributed by atoms with Crippen LogP contribution in [-0.2, 0) is 25.6 Å². The molecule has 7 N–H and O–H groups in total. The van der Waals surface area contributed by atoms with Crippen molar-refractivity contribution in [3.8, 4) is 5.75 Å². The summed E-state index contributed by atoms with van der Waals surface area (Å²) in [6, 6.07) is 4.09. The number of phenolic OH excluding ortho intramolecular Hbond substituents is 1. The first-order chi connectivity index (χ1) is 15.2. The minimum absolute atomic E-state index is 0.127. The van der Waals surface area contributed by atoms with Gasteiger partial charge in [-0.15, -0.1) is 0 Å². The van der Waals surface area contributed by atoms with Crippen LogP contribution in [0.25, 0.3) is 0 Å². The summed E-state index contributed by atoms with van der Waals surface area (Å²) in [4.78, 5) is 50.7. The van der Waals surface area contributed by atoms with E-state index in [2.05, 4.69) is 10.6 Å². The topological polar surface area (TPSA) is 168 Å². The first kappa shape index (κ1) is 25.1. The lowest BCUT2D eigenvalue weighted by atomic mass is 10.0. The van der Waals surface area contributed by atoms with Gasteiger partial charge in [-0.1, -0.05) is 31.9 Å². The number of aromatic hydroxyl groups is 1. The van der Waals surface area contributed by atoms with Crippen molar-refractivity contribution in [3.05, 3.63) is 29.8 Å². The van der Waals surface area contributed by atoms with E-state index in [1.807, 2.05) is 6.92 Å². The van der Waals surface area contributed by atoms with E-state index in [0.29, 0.717) is 32.2 Å². The molecule has 0 saturated carbocycles. The molecular weight excluding hydrogens is 414 g/mol. The van der Waals surface area contributed by atoms with Gasteiger partial charge in [0.15, 0.2) is 0 Å². The Morgan fingerprint density at radius 3 is 2.53 bits per heavy atom. The largest absolute Gasteiger partial charge is 0.508 e. The third-order valence-corrected chi connectivity index (χ3v) is 5.46. The van der Waals surface area contributed by atoms with E-state index in [9.17, 15) is 24.3 Å². The summed E-state index contributed by atoms with van der Waals surface area (Å²) in [5.74, 6) is -1.77. The van der Waals surface area contributed by atoms with Gasteiger partial charge in [-0.2, -0.15) is 0 Å². The normalized spacial score (nSPS) is 17.4. The molecule has 0 spiro atoms. The van der Waals surface area contributed by atoms with Crippen LogP contribution in [0.3, 0.4) is 0 Å². The number of rotatable bonds is 11. The second kappa shape index (κ2) is 12.0. The highest BCUT2D eigenvalue weighted by molar-refractivity contribution is 5.94. The zero-order valence-corrected chi connectivity index (χ0v) is 18.4. The fourth-order valence-corrected chi connectivity index (χ4v) is 3.73. The first-order valence-corrected chi connectivity index (χ1v) is 10.9. The standard InChI is InChI=1S/C22H33N5O5/c1-2-3-5-17(20(30)25-13-19(24)29)26-21(31)18-6-4-11-27(18)22(32)16(23)12-14-7-9-15(28)10-8-14/h7-10,16-18,28H,2-6,11-13,23H2,1H3,(H2,24,29)(H,25,30)(H,26,31). The van der Waals surface area contributed by atoms with Crippen LogP contribution in [0.15, 0.2) is 24.3 Å². The number of unbranched alkanes of at least 4 members (excludes halogenated alkanes) is 1. The number of benzene rings is 1. The summed E-state index contributed by atoms with van der Waals surface area (Å²) < 4.78 is 0. The average molecular weight is 448 g/mol. The lowest BCUT2D eigenvalue weighted by Crippen LogP contribution is -2.55. The number of nitrogens with two attached hydrogens (primary N) is 2. The third-order valence-electron chi connectivity index (χ3n) is 5.46. The maximum atomic E-state index is 12.9. The highest BCUT2D eigenvalue weighted by Gasteiger charge is 2.37. The van der Waals surface area contributed by atoms with Crippen LogP contribution in [0.5, 0.6) is 5.75 Å². The number of nitrogens with one attached hydrogen (secondary N) is 2. The molecule has 10 nitrogen and oxygen atoms in total. The molecule has 10 heteroatoms. The molecule has 0 bridgehead atoms. The fourth-order valence-electron chi connectivity index (χ4n) is 3.73. The predicted octanol–water partition coefficient (Wildman–Crippen LogP) is -0.470. The maximum Gasteiger partial charge on any atom is 0.243 e. The molecule has 1 fully saturated rings. The Bertz CT molecular complexity index is 813. The van der Waals surface area contributed by atoms with Crippen molar-refractivity contribution in [2.24, 2.45) is 11.5 Å². The van der Waals surface area contributed by atoms with Crippen LogP contribution in [-0.4, -0.2) is 64.9 Å². The molecular formula is C22H33N5O5.